The molecule has 0 aliphatic carbocycles. The lowest BCUT2D eigenvalue weighted by Crippen LogP contribution is -2.40. The van der Waals surface area contributed by atoms with E-state index in [4.69, 9.17) is 0 Å². The van der Waals surface area contributed by atoms with Crippen molar-refractivity contribution in [2.45, 2.75) is 55.4 Å². The van der Waals surface area contributed by atoms with Crippen molar-refractivity contribution in [1.29, 1.82) is 0 Å². The number of benzene rings is 1. The molecule has 1 aliphatic heterocycles. The number of aromatic nitrogens is 2. The number of hydrogen-bond acceptors (Lipinski definition) is 8. The largest absolute Gasteiger partial charge is 0.342 e. The summed E-state index contributed by atoms with van der Waals surface area (Å²) in [6, 6.07) is 8.86. The van der Waals surface area contributed by atoms with Gasteiger partial charge < -0.3 is 14.4 Å². The number of amides is 1. The summed E-state index contributed by atoms with van der Waals surface area (Å²) in [6.45, 7) is 7.13. The van der Waals surface area contributed by atoms with Crippen molar-refractivity contribution < 1.29 is 22.0 Å². The number of rotatable bonds is 13. The highest BCUT2D eigenvalue weighted by molar-refractivity contribution is 7.89. The number of carbonyl (C=O) groups excluding carboxylic acids is 1. The van der Waals surface area contributed by atoms with Crippen molar-refractivity contribution in [2.75, 3.05) is 39.3 Å². The first-order chi connectivity index (χ1) is 19.7. The Morgan fingerprint density at radius 2 is 2.02 bits per heavy atom. The topological polar surface area (TPSA) is 124 Å². The summed E-state index contributed by atoms with van der Waals surface area (Å²) >= 11 is -0.610. The maximum atomic E-state index is 13.0. The SMILES string of the molecule is CCN(CCCCN1CCCN(S(=O)(=O)c2cccnc2)CC1=O)C(C)Cc1ccc(-c2nccs2)cc1S(=O)O. The van der Waals surface area contributed by atoms with E-state index in [-0.39, 0.29) is 23.4 Å². The van der Waals surface area contributed by atoms with E-state index < -0.39 is 21.1 Å². The summed E-state index contributed by atoms with van der Waals surface area (Å²) in [5, 5.41) is 2.70. The molecule has 1 N–H and O–H groups in total. The molecule has 1 aromatic carbocycles. The average molecular weight is 620 g/mol. The van der Waals surface area contributed by atoms with E-state index in [1.165, 1.54) is 34.1 Å². The Morgan fingerprint density at radius 3 is 2.71 bits per heavy atom. The summed E-state index contributed by atoms with van der Waals surface area (Å²) in [4.78, 5) is 25.8. The fraction of sp³-hybridized carbons (Fsp3) is 0.464. The number of sulfonamides is 1. The Balaban J connectivity index is 1.28. The molecular weight excluding hydrogens is 583 g/mol. The fourth-order valence-corrected chi connectivity index (χ4v) is 7.75. The van der Waals surface area contributed by atoms with E-state index in [9.17, 15) is 22.0 Å². The lowest BCUT2D eigenvalue weighted by Gasteiger charge is -2.29. The van der Waals surface area contributed by atoms with E-state index in [2.05, 4.69) is 28.7 Å². The van der Waals surface area contributed by atoms with E-state index in [1.807, 2.05) is 17.5 Å². The van der Waals surface area contributed by atoms with Gasteiger partial charge in [0.05, 0.1) is 11.4 Å². The van der Waals surface area contributed by atoms with Crippen LogP contribution in [0.2, 0.25) is 0 Å². The molecule has 0 radical (unpaired) electrons. The first-order valence-electron chi connectivity index (χ1n) is 13.8. The third-order valence-corrected chi connectivity index (χ3v) is 10.8. The van der Waals surface area contributed by atoms with Crippen LogP contribution in [0, 0.1) is 0 Å². The molecule has 4 rings (SSSR count). The van der Waals surface area contributed by atoms with Crippen LogP contribution in [0.1, 0.15) is 38.7 Å². The summed E-state index contributed by atoms with van der Waals surface area (Å²) in [5.74, 6) is -0.179. The van der Waals surface area contributed by atoms with E-state index >= 15 is 0 Å². The van der Waals surface area contributed by atoms with Crippen LogP contribution in [0.3, 0.4) is 0 Å². The van der Waals surface area contributed by atoms with Gasteiger partial charge in [-0.25, -0.2) is 17.6 Å². The third kappa shape index (κ3) is 8.05. The van der Waals surface area contributed by atoms with E-state index in [0.717, 1.165) is 42.1 Å². The molecule has 41 heavy (non-hydrogen) atoms. The Kier molecular flexibility index (Phi) is 11.1. The minimum atomic E-state index is -3.76. The number of carbonyl (C=O) groups is 1. The van der Waals surface area contributed by atoms with Crippen molar-refractivity contribution in [2.24, 2.45) is 0 Å². The van der Waals surface area contributed by atoms with Gasteiger partial charge in [0.25, 0.3) is 0 Å². The lowest BCUT2D eigenvalue weighted by atomic mass is 10.0. The predicted octanol–water partition coefficient (Wildman–Crippen LogP) is 3.74. The molecule has 2 unspecified atom stereocenters. The highest BCUT2D eigenvalue weighted by Gasteiger charge is 2.31. The van der Waals surface area contributed by atoms with Crippen molar-refractivity contribution in [3.8, 4) is 10.6 Å². The standard InChI is InChI=1S/C28H37N5O5S3/c1-3-31(22(2)18-23-9-10-24(19-26(23)40(35)36)28-30-12-17-39-28)13-4-5-14-32-15-7-16-33(21-27(32)34)41(37,38)25-8-6-11-29-20-25/h6,8-12,17,19-20,22H,3-5,7,13-16,18,21H2,1-2H3,(H,35,36). The van der Waals surface area contributed by atoms with Crippen LogP contribution in [0.5, 0.6) is 0 Å². The van der Waals surface area contributed by atoms with Gasteiger partial charge in [-0.1, -0.05) is 19.1 Å². The second-order valence-electron chi connectivity index (χ2n) is 10.1. The van der Waals surface area contributed by atoms with Crippen LogP contribution < -0.4 is 0 Å². The maximum Gasteiger partial charge on any atom is 0.245 e. The molecule has 3 heterocycles. The summed E-state index contributed by atoms with van der Waals surface area (Å²) in [7, 11) is -3.76. The van der Waals surface area contributed by atoms with Crippen molar-refractivity contribution in [3.05, 3.63) is 59.9 Å². The van der Waals surface area contributed by atoms with Gasteiger partial charge in [0.15, 0.2) is 11.1 Å². The normalized spacial score (nSPS) is 16.6. The highest BCUT2D eigenvalue weighted by atomic mass is 32.2. The van der Waals surface area contributed by atoms with Crippen LogP contribution in [0.25, 0.3) is 10.6 Å². The quantitative estimate of drug-likeness (QED) is 0.227. The van der Waals surface area contributed by atoms with Crippen LogP contribution in [-0.2, 0) is 32.3 Å². The Labute approximate surface area is 248 Å². The van der Waals surface area contributed by atoms with Crippen molar-refractivity contribution in [3.63, 3.8) is 0 Å². The van der Waals surface area contributed by atoms with Crippen LogP contribution in [0.15, 0.2) is 64.1 Å². The van der Waals surface area contributed by atoms with Gasteiger partial charge in [-0.15, -0.1) is 11.3 Å². The average Bonchev–Trinajstić information content (AvgIpc) is 3.44. The Bertz CT molecular complexity index is 1420. The Morgan fingerprint density at radius 1 is 1.20 bits per heavy atom. The molecule has 2 atom stereocenters. The molecule has 1 fully saturated rings. The van der Waals surface area contributed by atoms with Gasteiger partial charge in [-0.3, -0.25) is 9.78 Å². The second-order valence-corrected chi connectivity index (χ2v) is 13.8. The minimum absolute atomic E-state index is 0.0999. The number of likely N-dealkylation sites (N-methyl/N-ethyl adjacent to an activating group) is 1. The highest BCUT2D eigenvalue weighted by Crippen LogP contribution is 2.27. The predicted molar refractivity (Wildman–Crippen MR) is 160 cm³/mol. The number of hydrogen-bond donors (Lipinski definition) is 1. The van der Waals surface area contributed by atoms with E-state index in [0.29, 0.717) is 37.4 Å². The molecule has 1 saturated heterocycles. The van der Waals surface area contributed by atoms with Gasteiger partial charge in [-0.2, -0.15) is 4.31 Å². The first kappa shape index (κ1) is 31.4. The van der Waals surface area contributed by atoms with Gasteiger partial charge in [0.2, 0.25) is 15.9 Å². The van der Waals surface area contributed by atoms with Crippen LogP contribution >= 0.6 is 11.3 Å². The number of pyridine rings is 1. The monoisotopic (exact) mass is 619 g/mol. The third-order valence-electron chi connectivity index (χ3n) is 7.37. The number of thiazole rings is 1. The zero-order chi connectivity index (χ0) is 29.4. The molecule has 2 aromatic heterocycles. The first-order valence-corrected chi connectivity index (χ1v) is 17.2. The summed E-state index contributed by atoms with van der Waals surface area (Å²) in [6.07, 6.45) is 7.45. The maximum absolute atomic E-state index is 13.0. The number of unbranched alkanes of at least 4 members (excludes halogenated alkanes) is 1. The Hall–Kier alpha value is -2.55. The van der Waals surface area contributed by atoms with Gasteiger partial charge >= 0.3 is 0 Å². The zero-order valence-corrected chi connectivity index (χ0v) is 25.8. The molecule has 1 amide bonds. The van der Waals surface area contributed by atoms with Gasteiger partial charge in [0.1, 0.15) is 9.90 Å². The van der Waals surface area contributed by atoms with Crippen molar-refractivity contribution >= 4 is 38.3 Å². The molecule has 1 aliphatic rings. The van der Waals surface area contributed by atoms with Crippen LogP contribution in [-0.4, -0.2) is 92.5 Å². The van der Waals surface area contributed by atoms with Gasteiger partial charge in [-0.05, 0) is 69.5 Å². The lowest BCUT2D eigenvalue weighted by molar-refractivity contribution is -0.130. The minimum Gasteiger partial charge on any atom is -0.342 e. The molecule has 3 aromatic rings. The fourth-order valence-electron chi connectivity index (χ4n) is 5.12. The molecular formula is C28H37N5O5S3. The zero-order valence-electron chi connectivity index (χ0n) is 23.4. The number of nitrogens with zero attached hydrogens (tertiary/aromatic N) is 5. The second kappa shape index (κ2) is 14.6. The van der Waals surface area contributed by atoms with Crippen molar-refractivity contribution in [1.82, 2.24) is 24.1 Å². The van der Waals surface area contributed by atoms with E-state index in [1.54, 1.807) is 23.2 Å². The summed E-state index contributed by atoms with van der Waals surface area (Å²) < 4.78 is 49.3. The molecule has 13 heteroatoms. The van der Waals surface area contributed by atoms with Crippen LogP contribution in [0.4, 0.5) is 0 Å². The molecule has 222 valence electrons. The van der Waals surface area contributed by atoms with Gasteiger partial charge in [0, 0.05) is 55.2 Å². The summed E-state index contributed by atoms with van der Waals surface area (Å²) in [5.41, 5.74) is 1.68. The molecule has 10 nitrogen and oxygen atoms in total. The molecule has 0 spiro atoms. The molecule has 0 bridgehead atoms. The molecule has 0 saturated carbocycles. The smallest absolute Gasteiger partial charge is 0.245 e.